The van der Waals surface area contributed by atoms with Crippen LogP contribution in [0.1, 0.15) is 61.8 Å². The number of amides is 2. The van der Waals surface area contributed by atoms with Crippen molar-refractivity contribution in [3.05, 3.63) is 34.9 Å². The average Bonchev–Trinajstić information content (AvgIpc) is 3.35. The number of benzene rings is 1. The molecule has 0 bridgehead atoms. The van der Waals surface area contributed by atoms with Crippen molar-refractivity contribution in [3.8, 4) is 0 Å². The fourth-order valence-corrected chi connectivity index (χ4v) is 3.09. The zero-order valence-corrected chi connectivity index (χ0v) is 13.2. The molecule has 2 N–H and O–H groups in total. The van der Waals surface area contributed by atoms with Crippen LogP contribution in [-0.2, 0) is 22.4 Å². The predicted molar refractivity (Wildman–Crippen MR) is 85.4 cm³/mol. The Morgan fingerprint density at radius 1 is 1.14 bits per heavy atom. The van der Waals surface area contributed by atoms with Crippen LogP contribution in [0, 0.1) is 0 Å². The molecule has 1 saturated carbocycles. The van der Waals surface area contributed by atoms with Crippen LogP contribution in [0.2, 0.25) is 0 Å². The summed E-state index contributed by atoms with van der Waals surface area (Å²) in [5.41, 5.74) is 3.94. The number of fused-ring (bicyclic) bond motifs is 1. The highest BCUT2D eigenvalue weighted by Crippen LogP contribution is 2.26. The third kappa shape index (κ3) is 3.49. The number of nitrogens with one attached hydrogen (secondary N) is 2. The molecule has 3 rings (SSSR count). The second-order valence-electron chi connectivity index (χ2n) is 6.42. The molecule has 4 heteroatoms. The summed E-state index contributed by atoms with van der Waals surface area (Å²) in [4.78, 5) is 23.8. The van der Waals surface area contributed by atoms with Crippen LogP contribution >= 0.6 is 0 Å². The smallest absolute Gasteiger partial charge is 0.309 e. The lowest BCUT2D eigenvalue weighted by molar-refractivity contribution is -0.139. The van der Waals surface area contributed by atoms with Gasteiger partial charge in [0.15, 0.2) is 0 Å². The Hall–Kier alpha value is -1.84. The first kappa shape index (κ1) is 15.1. The van der Waals surface area contributed by atoms with Gasteiger partial charge in [-0.2, -0.15) is 0 Å². The summed E-state index contributed by atoms with van der Waals surface area (Å²) in [5.74, 6) is -1.02. The van der Waals surface area contributed by atoms with E-state index in [-0.39, 0.29) is 12.1 Å². The van der Waals surface area contributed by atoms with E-state index >= 15 is 0 Å². The molecule has 0 radical (unpaired) electrons. The van der Waals surface area contributed by atoms with Crippen molar-refractivity contribution in [2.45, 2.75) is 64.0 Å². The zero-order chi connectivity index (χ0) is 15.5. The molecular formula is C18H24N2O2. The lowest BCUT2D eigenvalue weighted by Crippen LogP contribution is -2.42. The molecule has 1 atom stereocenters. The van der Waals surface area contributed by atoms with Crippen molar-refractivity contribution in [2.75, 3.05) is 0 Å². The van der Waals surface area contributed by atoms with Gasteiger partial charge in [-0.05, 0) is 61.6 Å². The minimum atomic E-state index is -0.517. The molecule has 4 nitrogen and oxygen atoms in total. The van der Waals surface area contributed by atoms with Crippen LogP contribution in [0.3, 0.4) is 0 Å². The van der Waals surface area contributed by atoms with Crippen LogP contribution < -0.4 is 10.6 Å². The van der Waals surface area contributed by atoms with Gasteiger partial charge in [0.25, 0.3) is 0 Å². The van der Waals surface area contributed by atoms with Gasteiger partial charge in [0, 0.05) is 6.04 Å². The van der Waals surface area contributed by atoms with E-state index in [0.29, 0.717) is 0 Å². The first-order chi connectivity index (χ1) is 10.7. The monoisotopic (exact) mass is 300 g/mol. The fraction of sp³-hybridized carbons (Fsp3) is 0.556. The van der Waals surface area contributed by atoms with E-state index in [0.717, 1.165) is 37.7 Å². The van der Waals surface area contributed by atoms with Crippen molar-refractivity contribution < 1.29 is 9.59 Å². The SMILES string of the molecule is CCC(NC(=O)C(=O)NC1CC1)c1ccc2c(c1)CCCC2. The lowest BCUT2D eigenvalue weighted by Gasteiger charge is -2.21. The topological polar surface area (TPSA) is 58.2 Å². The third-order valence-corrected chi connectivity index (χ3v) is 4.61. The summed E-state index contributed by atoms with van der Waals surface area (Å²) >= 11 is 0. The van der Waals surface area contributed by atoms with Crippen molar-refractivity contribution >= 4 is 11.8 Å². The molecule has 0 spiro atoms. The highest BCUT2D eigenvalue weighted by molar-refractivity contribution is 6.35. The molecule has 1 unspecified atom stereocenters. The molecule has 0 aliphatic heterocycles. The van der Waals surface area contributed by atoms with Crippen molar-refractivity contribution in [2.24, 2.45) is 0 Å². The highest BCUT2D eigenvalue weighted by Gasteiger charge is 2.27. The predicted octanol–water partition coefficient (Wildman–Crippen LogP) is 2.41. The van der Waals surface area contributed by atoms with E-state index < -0.39 is 11.8 Å². The number of rotatable bonds is 4. The minimum Gasteiger partial charge on any atom is -0.345 e. The Bertz CT molecular complexity index is 578. The second kappa shape index (κ2) is 6.51. The van der Waals surface area contributed by atoms with E-state index in [1.54, 1.807) is 0 Å². The van der Waals surface area contributed by atoms with E-state index in [2.05, 4.69) is 28.8 Å². The molecular weight excluding hydrogens is 276 g/mol. The quantitative estimate of drug-likeness (QED) is 0.839. The van der Waals surface area contributed by atoms with Crippen LogP contribution in [0.15, 0.2) is 18.2 Å². The van der Waals surface area contributed by atoms with E-state index in [4.69, 9.17) is 0 Å². The van der Waals surface area contributed by atoms with Crippen LogP contribution in [0.25, 0.3) is 0 Å². The van der Waals surface area contributed by atoms with Crippen molar-refractivity contribution in [1.29, 1.82) is 0 Å². The largest absolute Gasteiger partial charge is 0.345 e. The Morgan fingerprint density at radius 2 is 1.86 bits per heavy atom. The van der Waals surface area contributed by atoms with Gasteiger partial charge in [-0.15, -0.1) is 0 Å². The van der Waals surface area contributed by atoms with Gasteiger partial charge in [0.1, 0.15) is 0 Å². The molecule has 2 aliphatic rings. The van der Waals surface area contributed by atoms with Crippen molar-refractivity contribution in [3.63, 3.8) is 0 Å². The maximum absolute atomic E-state index is 12.0. The molecule has 0 saturated heterocycles. The minimum absolute atomic E-state index is 0.0929. The number of carbonyl (C=O) groups excluding carboxylic acids is 2. The molecule has 118 valence electrons. The summed E-state index contributed by atoms with van der Waals surface area (Å²) in [5, 5.41) is 5.61. The molecule has 1 fully saturated rings. The fourth-order valence-electron chi connectivity index (χ4n) is 3.09. The van der Waals surface area contributed by atoms with Crippen LogP contribution in [0.4, 0.5) is 0 Å². The molecule has 1 aromatic carbocycles. The number of hydrogen-bond donors (Lipinski definition) is 2. The maximum atomic E-state index is 12.0. The lowest BCUT2D eigenvalue weighted by atomic mass is 9.89. The first-order valence-corrected chi connectivity index (χ1v) is 8.40. The van der Waals surface area contributed by atoms with Gasteiger partial charge < -0.3 is 10.6 Å². The Labute approximate surface area is 131 Å². The highest BCUT2D eigenvalue weighted by atomic mass is 16.2. The standard InChI is InChI=1S/C18H24N2O2/c1-2-16(20-18(22)17(21)19-15-9-10-15)14-8-7-12-5-3-4-6-13(12)11-14/h7-8,11,15-16H,2-6,9-10H2,1H3,(H,19,21)(H,20,22). The second-order valence-corrected chi connectivity index (χ2v) is 6.42. The molecule has 0 heterocycles. The normalized spacial score (nSPS) is 18.2. The molecule has 2 amide bonds. The van der Waals surface area contributed by atoms with Gasteiger partial charge >= 0.3 is 11.8 Å². The zero-order valence-electron chi connectivity index (χ0n) is 13.2. The van der Waals surface area contributed by atoms with Gasteiger partial charge in [0.05, 0.1) is 6.04 Å². The van der Waals surface area contributed by atoms with Crippen LogP contribution in [-0.4, -0.2) is 17.9 Å². The van der Waals surface area contributed by atoms with Gasteiger partial charge in [-0.3, -0.25) is 9.59 Å². The molecule has 1 aromatic rings. The Balaban J connectivity index is 1.67. The first-order valence-electron chi connectivity index (χ1n) is 8.40. The van der Waals surface area contributed by atoms with E-state index in [1.165, 1.54) is 24.0 Å². The number of carbonyl (C=O) groups is 2. The van der Waals surface area contributed by atoms with Crippen LogP contribution in [0.5, 0.6) is 0 Å². The molecule has 2 aliphatic carbocycles. The van der Waals surface area contributed by atoms with Gasteiger partial charge in [-0.1, -0.05) is 25.1 Å². The van der Waals surface area contributed by atoms with Gasteiger partial charge in [-0.25, -0.2) is 0 Å². The van der Waals surface area contributed by atoms with Crippen molar-refractivity contribution in [1.82, 2.24) is 10.6 Å². The maximum Gasteiger partial charge on any atom is 0.309 e. The number of aryl methyl sites for hydroxylation is 2. The van der Waals surface area contributed by atoms with E-state index in [1.807, 2.05) is 6.92 Å². The summed E-state index contributed by atoms with van der Waals surface area (Å²) in [7, 11) is 0. The Kier molecular flexibility index (Phi) is 4.46. The molecule has 22 heavy (non-hydrogen) atoms. The summed E-state index contributed by atoms with van der Waals surface area (Å²) in [6, 6.07) is 6.61. The Morgan fingerprint density at radius 3 is 2.55 bits per heavy atom. The summed E-state index contributed by atoms with van der Waals surface area (Å²) in [6.07, 6.45) is 7.53. The number of hydrogen-bond acceptors (Lipinski definition) is 2. The van der Waals surface area contributed by atoms with E-state index in [9.17, 15) is 9.59 Å². The average molecular weight is 300 g/mol. The third-order valence-electron chi connectivity index (χ3n) is 4.61. The van der Waals surface area contributed by atoms with Gasteiger partial charge in [0.2, 0.25) is 0 Å². The summed E-state index contributed by atoms with van der Waals surface area (Å²) < 4.78 is 0. The summed E-state index contributed by atoms with van der Waals surface area (Å²) in [6.45, 7) is 2.03. The molecule has 0 aromatic heterocycles.